The molecule has 2 aliphatic heterocycles. The van der Waals surface area contributed by atoms with Crippen LogP contribution in [0.25, 0.3) is 22.4 Å². The Bertz CT molecular complexity index is 1050. The van der Waals surface area contributed by atoms with Gasteiger partial charge >= 0.3 is 0 Å². The van der Waals surface area contributed by atoms with Gasteiger partial charge in [0.15, 0.2) is 5.79 Å². The van der Waals surface area contributed by atoms with Crippen molar-refractivity contribution in [3.8, 4) is 33.9 Å². The average Bonchev–Trinajstić information content (AvgIpc) is 3.32. The minimum atomic E-state index is -0.418. The molecule has 1 aromatic heterocycles. The molecule has 7 heteroatoms. The van der Waals surface area contributed by atoms with Crippen LogP contribution in [-0.4, -0.2) is 56.3 Å². The van der Waals surface area contributed by atoms with E-state index in [1.807, 2.05) is 54.7 Å². The Kier molecular flexibility index (Phi) is 5.68. The predicted molar refractivity (Wildman–Crippen MR) is 122 cm³/mol. The fraction of sp³-hybridized carbons (Fsp3) is 0.360. The van der Waals surface area contributed by atoms with Crippen LogP contribution in [-0.2, 0) is 9.47 Å². The SMILES string of the molecule is COc1ccc(-c2cnc(N3CCC4(CC3)OCCO4)nc2-c2ccc(OC)cc2)cc1. The first-order valence-electron chi connectivity index (χ1n) is 10.9. The van der Waals surface area contributed by atoms with Crippen LogP contribution >= 0.6 is 0 Å². The topological polar surface area (TPSA) is 65.9 Å². The number of rotatable bonds is 5. The smallest absolute Gasteiger partial charge is 0.225 e. The number of nitrogens with zero attached hydrogens (tertiary/aromatic N) is 3. The van der Waals surface area contributed by atoms with Gasteiger partial charge < -0.3 is 23.8 Å². The van der Waals surface area contributed by atoms with Gasteiger partial charge in [-0.1, -0.05) is 12.1 Å². The van der Waals surface area contributed by atoms with Gasteiger partial charge in [-0.25, -0.2) is 9.97 Å². The third kappa shape index (κ3) is 4.01. The van der Waals surface area contributed by atoms with E-state index in [2.05, 4.69) is 4.90 Å². The van der Waals surface area contributed by atoms with Crippen molar-refractivity contribution in [3.63, 3.8) is 0 Å². The molecule has 0 amide bonds. The minimum Gasteiger partial charge on any atom is -0.497 e. The lowest BCUT2D eigenvalue weighted by molar-refractivity contribution is -0.169. The summed E-state index contributed by atoms with van der Waals surface area (Å²) in [6.07, 6.45) is 3.54. The maximum atomic E-state index is 5.86. The van der Waals surface area contributed by atoms with Crippen molar-refractivity contribution in [1.82, 2.24) is 9.97 Å². The number of ether oxygens (including phenoxy) is 4. The summed E-state index contributed by atoms with van der Waals surface area (Å²) in [6, 6.07) is 15.9. The summed E-state index contributed by atoms with van der Waals surface area (Å²) in [6.45, 7) is 2.94. The van der Waals surface area contributed by atoms with Gasteiger partial charge in [0, 0.05) is 43.3 Å². The van der Waals surface area contributed by atoms with E-state index in [1.165, 1.54) is 0 Å². The van der Waals surface area contributed by atoms with Gasteiger partial charge in [-0.15, -0.1) is 0 Å². The monoisotopic (exact) mass is 433 g/mol. The molecule has 0 unspecified atom stereocenters. The molecule has 0 atom stereocenters. The molecule has 2 aliphatic rings. The Balaban J connectivity index is 1.49. The second-order valence-corrected chi connectivity index (χ2v) is 7.98. The molecule has 7 nitrogen and oxygen atoms in total. The van der Waals surface area contributed by atoms with Gasteiger partial charge in [0.1, 0.15) is 11.5 Å². The van der Waals surface area contributed by atoms with Gasteiger partial charge in [-0.05, 0) is 42.0 Å². The highest BCUT2D eigenvalue weighted by Crippen LogP contribution is 2.36. The molecule has 0 radical (unpaired) electrons. The zero-order chi connectivity index (χ0) is 22.0. The second-order valence-electron chi connectivity index (χ2n) is 7.98. The molecule has 2 fully saturated rings. The van der Waals surface area contributed by atoms with Crippen molar-refractivity contribution >= 4 is 5.95 Å². The largest absolute Gasteiger partial charge is 0.497 e. The highest BCUT2D eigenvalue weighted by atomic mass is 16.7. The molecule has 0 N–H and O–H groups in total. The first-order valence-corrected chi connectivity index (χ1v) is 10.9. The lowest BCUT2D eigenvalue weighted by atomic mass is 10.0. The van der Waals surface area contributed by atoms with E-state index in [-0.39, 0.29) is 0 Å². The molecule has 5 rings (SSSR count). The highest BCUT2D eigenvalue weighted by Gasteiger charge is 2.40. The van der Waals surface area contributed by atoms with Crippen LogP contribution in [0.15, 0.2) is 54.7 Å². The van der Waals surface area contributed by atoms with Crippen LogP contribution in [0.3, 0.4) is 0 Å². The molecule has 2 aromatic carbocycles. The van der Waals surface area contributed by atoms with E-state index in [0.29, 0.717) is 13.2 Å². The van der Waals surface area contributed by atoms with Gasteiger partial charge in [0.05, 0.1) is 33.1 Å². The molecule has 1 spiro atoms. The summed E-state index contributed by atoms with van der Waals surface area (Å²) in [5.41, 5.74) is 3.90. The number of hydrogen-bond acceptors (Lipinski definition) is 7. The number of piperidine rings is 1. The fourth-order valence-corrected chi connectivity index (χ4v) is 4.31. The Labute approximate surface area is 187 Å². The van der Waals surface area contributed by atoms with Gasteiger partial charge in [0.25, 0.3) is 0 Å². The number of aromatic nitrogens is 2. The van der Waals surface area contributed by atoms with Gasteiger partial charge in [-0.2, -0.15) is 0 Å². The summed E-state index contributed by atoms with van der Waals surface area (Å²) < 4.78 is 22.4. The van der Waals surface area contributed by atoms with E-state index in [1.54, 1.807) is 14.2 Å². The molecule has 3 heterocycles. The zero-order valence-electron chi connectivity index (χ0n) is 18.4. The third-order valence-corrected chi connectivity index (χ3v) is 6.16. The predicted octanol–water partition coefficient (Wildman–Crippen LogP) is 4.17. The van der Waals surface area contributed by atoms with Crippen molar-refractivity contribution in [2.45, 2.75) is 18.6 Å². The summed E-state index contributed by atoms with van der Waals surface area (Å²) in [7, 11) is 3.33. The average molecular weight is 434 g/mol. The first kappa shape index (κ1) is 20.7. The Hall–Kier alpha value is -3.16. The van der Waals surface area contributed by atoms with Crippen molar-refractivity contribution in [2.24, 2.45) is 0 Å². The van der Waals surface area contributed by atoms with Crippen molar-refractivity contribution in [2.75, 3.05) is 45.4 Å². The molecular formula is C25H27N3O4. The summed E-state index contributed by atoms with van der Waals surface area (Å²) in [4.78, 5) is 12.0. The van der Waals surface area contributed by atoms with E-state index in [4.69, 9.17) is 28.9 Å². The summed E-state index contributed by atoms with van der Waals surface area (Å²) in [5, 5.41) is 0. The molecule has 3 aromatic rings. The van der Waals surface area contributed by atoms with Gasteiger partial charge in [-0.3, -0.25) is 0 Å². The molecule has 32 heavy (non-hydrogen) atoms. The van der Waals surface area contributed by atoms with Crippen molar-refractivity contribution in [3.05, 3.63) is 54.7 Å². The highest BCUT2D eigenvalue weighted by molar-refractivity contribution is 5.81. The molecule has 0 bridgehead atoms. The molecule has 2 saturated heterocycles. The first-order chi connectivity index (χ1) is 15.7. The zero-order valence-corrected chi connectivity index (χ0v) is 18.4. The van der Waals surface area contributed by atoms with Crippen LogP contribution in [0.5, 0.6) is 11.5 Å². The molecule has 166 valence electrons. The standard InChI is InChI=1S/C25H27N3O4/c1-29-20-7-3-18(4-8-20)22-17-26-24(27-23(22)19-5-9-21(30-2)10-6-19)28-13-11-25(12-14-28)31-15-16-32-25/h3-10,17H,11-16H2,1-2H3. The maximum absolute atomic E-state index is 5.86. The lowest BCUT2D eigenvalue weighted by Gasteiger charge is -2.37. The summed E-state index contributed by atoms with van der Waals surface area (Å²) >= 11 is 0. The maximum Gasteiger partial charge on any atom is 0.225 e. The quantitative estimate of drug-likeness (QED) is 0.598. The lowest BCUT2D eigenvalue weighted by Crippen LogP contribution is -2.45. The summed E-state index contributed by atoms with van der Waals surface area (Å²) in [5.74, 6) is 1.93. The Morgan fingerprint density at radius 3 is 1.94 bits per heavy atom. The fourth-order valence-electron chi connectivity index (χ4n) is 4.31. The van der Waals surface area contributed by atoms with E-state index in [9.17, 15) is 0 Å². The molecule has 0 aliphatic carbocycles. The van der Waals surface area contributed by atoms with E-state index in [0.717, 1.165) is 65.8 Å². The van der Waals surface area contributed by atoms with Crippen LogP contribution in [0, 0.1) is 0 Å². The normalized spacial score (nSPS) is 17.5. The molecular weight excluding hydrogens is 406 g/mol. The Morgan fingerprint density at radius 1 is 0.812 bits per heavy atom. The van der Waals surface area contributed by atoms with Crippen LogP contribution in [0.1, 0.15) is 12.8 Å². The van der Waals surface area contributed by atoms with Gasteiger partial charge in [0.2, 0.25) is 5.95 Å². The van der Waals surface area contributed by atoms with E-state index >= 15 is 0 Å². The van der Waals surface area contributed by atoms with Crippen LogP contribution in [0.2, 0.25) is 0 Å². The number of hydrogen-bond donors (Lipinski definition) is 0. The Morgan fingerprint density at radius 2 is 1.38 bits per heavy atom. The second kappa shape index (κ2) is 8.76. The van der Waals surface area contributed by atoms with Crippen LogP contribution in [0.4, 0.5) is 5.95 Å². The van der Waals surface area contributed by atoms with E-state index < -0.39 is 5.79 Å². The third-order valence-electron chi connectivity index (χ3n) is 6.16. The number of anilines is 1. The number of methoxy groups -OCH3 is 2. The molecule has 0 saturated carbocycles. The van der Waals surface area contributed by atoms with Crippen molar-refractivity contribution < 1.29 is 18.9 Å². The van der Waals surface area contributed by atoms with Crippen LogP contribution < -0.4 is 14.4 Å². The minimum absolute atomic E-state index is 0.418. The van der Waals surface area contributed by atoms with Crippen molar-refractivity contribution in [1.29, 1.82) is 0 Å². The number of benzene rings is 2.